The van der Waals surface area contributed by atoms with Crippen molar-refractivity contribution in [2.45, 2.75) is 13.3 Å². The third-order valence-electron chi connectivity index (χ3n) is 5.14. The molecule has 0 saturated carbocycles. The minimum absolute atomic E-state index is 0.0304. The zero-order valence-electron chi connectivity index (χ0n) is 15.3. The van der Waals surface area contributed by atoms with Gasteiger partial charge >= 0.3 is 0 Å². The van der Waals surface area contributed by atoms with E-state index in [0.29, 0.717) is 57.0 Å². The van der Waals surface area contributed by atoms with Gasteiger partial charge in [-0.2, -0.15) is 0 Å². The second-order valence-corrected chi connectivity index (χ2v) is 6.68. The van der Waals surface area contributed by atoms with Crippen molar-refractivity contribution < 1.29 is 19.1 Å². The standard InChI is InChI=1S/C19H25N3O4/c1-3-20-13-15(12-17(20)23)19(25)22-9-7-21(8-10-22)18(24)14-5-4-6-16(11-14)26-2/h4-6,11,15H,3,7-10,12-13H2,1-2H3/t15-/m1/s1. The van der Waals surface area contributed by atoms with Gasteiger partial charge in [0.2, 0.25) is 11.8 Å². The van der Waals surface area contributed by atoms with E-state index in [9.17, 15) is 14.4 Å². The van der Waals surface area contributed by atoms with Crippen LogP contribution in [0.1, 0.15) is 23.7 Å². The molecule has 2 fully saturated rings. The number of likely N-dealkylation sites (tertiary alicyclic amines) is 1. The zero-order valence-corrected chi connectivity index (χ0v) is 15.3. The molecule has 1 aromatic rings. The van der Waals surface area contributed by atoms with Gasteiger partial charge in [0.05, 0.1) is 13.0 Å². The lowest BCUT2D eigenvalue weighted by molar-refractivity contribution is -0.137. The summed E-state index contributed by atoms with van der Waals surface area (Å²) in [5, 5.41) is 0. The van der Waals surface area contributed by atoms with Crippen LogP contribution >= 0.6 is 0 Å². The minimum atomic E-state index is -0.247. The highest BCUT2D eigenvalue weighted by Gasteiger charge is 2.37. The summed E-state index contributed by atoms with van der Waals surface area (Å²) in [7, 11) is 1.57. The van der Waals surface area contributed by atoms with Gasteiger partial charge in [-0.15, -0.1) is 0 Å². The number of piperazine rings is 1. The molecule has 0 N–H and O–H groups in total. The summed E-state index contributed by atoms with van der Waals surface area (Å²) >= 11 is 0. The predicted molar refractivity (Wildman–Crippen MR) is 95.8 cm³/mol. The molecule has 1 atom stereocenters. The molecule has 0 spiro atoms. The zero-order chi connectivity index (χ0) is 18.7. The summed E-state index contributed by atoms with van der Waals surface area (Å²) in [6.45, 7) is 5.09. The van der Waals surface area contributed by atoms with Crippen LogP contribution in [0.2, 0.25) is 0 Å². The van der Waals surface area contributed by atoms with E-state index in [1.807, 2.05) is 6.92 Å². The van der Waals surface area contributed by atoms with Gasteiger partial charge in [0.25, 0.3) is 5.91 Å². The van der Waals surface area contributed by atoms with E-state index in [1.165, 1.54) is 0 Å². The van der Waals surface area contributed by atoms with Gasteiger partial charge < -0.3 is 19.4 Å². The second kappa shape index (κ2) is 7.76. The number of benzene rings is 1. The first-order chi connectivity index (χ1) is 12.5. The van der Waals surface area contributed by atoms with Gasteiger partial charge in [0.1, 0.15) is 5.75 Å². The fraction of sp³-hybridized carbons (Fsp3) is 0.526. The number of carbonyl (C=O) groups is 3. The number of nitrogens with zero attached hydrogens (tertiary/aromatic N) is 3. The first-order valence-corrected chi connectivity index (χ1v) is 9.03. The molecule has 26 heavy (non-hydrogen) atoms. The SMILES string of the molecule is CCN1C[C@H](C(=O)N2CCN(C(=O)c3cccc(OC)c3)CC2)CC1=O. The second-order valence-electron chi connectivity index (χ2n) is 6.68. The largest absolute Gasteiger partial charge is 0.497 e. The van der Waals surface area contributed by atoms with Crippen LogP contribution in [0.5, 0.6) is 5.75 Å². The number of hydrogen-bond acceptors (Lipinski definition) is 4. The molecule has 2 heterocycles. The van der Waals surface area contributed by atoms with E-state index in [1.54, 1.807) is 46.1 Å². The van der Waals surface area contributed by atoms with Gasteiger partial charge in [-0.05, 0) is 25.1 Å². The lowest BCUT2D eigenvalue weighted by atomic mass is 10.1. The van der Waals surface area contributed by atoms with Crippen molar-refractivity contribution in [3.63, 3.8) is 0 Å². The van der Waals surface area contributed by atoms with Crippen LogP contribution in [0.3, 0.4) is 0 Å². The Kier molecular flexibility index (Phi) is 5.44. The van der Waals surface area contributed by atoms with Gasteiger partial charge in [0.15, 0.2) is 0 Å². The normalized spacial score (nSPS) is 20.5. The summed E-state index contributed by atoms with van der Waals surface area (Å²) in [6.07, 6.45) is 0.301. The molecule has 0 unspecified atom stereocenters. The Hall–Kier alpha value is -2.57. The molecular formula is C19H25N3O4. The number of ether oxygens (including phenoxy) is 1. The molecule has 2 aliphatic rings. The average Bonchev–Trinajstić information content (AvgIpc) is 3.07. The van der Waals surface area contributed by atoms with Crippen LogP contribution < -0.4 is 4.74 Å². The summed E-state index contributed by atoms with van der Waals surface area (Å²) in [5.41, 5.74) is 0.587. The molecular weight excluding hydrogens is 334 g/mol. The molecule has 0 bridgehead atoms. The molecule has 0 aromatic heterocycles. The monoisotopic (exact) mass is 359 g/mol. The number of hydrogen-bond donors (Lipinski definition) is 0. The summed E-state index contributed by atoms with van der Waals surface area (Å²) < 4.78 is 5.17. The Morgan fingerprint density at radius 3 is 2.46 bits per heavy atom. The highest BCUT2D eigenvalue weighted by Crippen LogP contribution is 2.21. The Labute approximate surface area is 153 Å². The molecule has 2 saturated heterocycles. The first-order valence-electron chi connectivity index (χ1n) is 9.03. The van der Waals surface area contributed by atoms with Crippen LogP contribution in [-0.2, 0) is 9.59 Å². The third kappa shape index (κ3) is 3.66. The van der Waals surface area contributed by atoms with Crippen molar-refractivity contribution >= 4 is 17.7 Å². The van der Waals surface area contributed by atoms with Crippen LogP contribution in [0.15, 0.2) is 24.3 Å². The highest BCUT2D eigenvalue weighted by molar-refractivity contribution is 5.95. The Bertz CT molecular complexity index is 698. The summed E-state index contributed by atoms with van der Waals surface area (Å²) in [4.78, 5) is 42.4. The number of methoxy groups -OCH3 is 1. The average molecular weight is 359 g/mol. The van der Waals surface area contributed by atoms with E-state index < -0.39 is 0 Å². The Morgan fingerprint density at radius 1 is 1.15 bits per heavy atom. The first kappa shape index (κ1) is 18.2. The minimum Gasteiger partial charge on any atom is -0.497 e. The Balaban J connectivity index is 1.56. The van der Waals surface area contributed by atoms with Crippen molar-refractivity contribution in [2.24, 2.45) is 5.92 Å². The van der Waals surface area contributed by atoms with E-state index in [4.69, 9.17) is 4.74 Å². The third-order valence-corrected chi connectivity index (χ3v) is 5.14. The van der Waals surface area contributed by atoms with Gasteiger partial charge in [-0.3, -0.25) is 14.4 Å². The van der Waals surface area contributed by atoms with E-state index in [2.05, 4.69) is 0 Å². The van der Waals surface area contributed by atoms with Gasteiger partial charge in [-0.1, -0.05) is 6.07 Å². The van der Waals surface area contributed by atoms with Gasteiger partial charge in [-0.25, -0.2) is 0 Å². The highest BCUT2D eigenvalue weighted by atomic mass is 16.5. The van der Waals surface area contributed by atoms with Crippen molar-refractivity contribution in [3.8, 4) is 5.75 Å². The van der Waals surface area contributed by atoms with Gasteiger partial charge in [0, 0.05) is 51.3 Å². The number of rotatable bonds is 4. The van der Waals surface area contributed by atoms with E-state index in [-0.39, 0.29) is 23.6 Å². The molecule has 3 rings (SSSR count). The molecule has 3 amide bonds. The quantitative estimate of drug-likeness (QED) is 0.799. The van der Waals surface area contributed by atoms with E-state index >= 15 is 0 Å². The molecule has 7 heteroatoms. The smallest absolute Gasteiger partial charge is 0.254 e. The van der Waals surface area contributed by atoms with Crippen LogP contribution in [-0.4, -0.2) is 78.8 Å². The fourth-order valence-corrected chi connectivity index (χ4v) is 3.57. The molecule has 0 aliphatic carbocycles. The maximum atomic E-state index is 12.7. The van der Waals surface area contributed by atoms with Crippen molar-refractivity contribution in [1.29, 1.82) is 0 Å². The summed E-state index contributed by atoms with van der Waals surface area (Å²) in [5.74, 6) is 0.434. The van der Waals surface area contributed by atoms with Crippen molar-refractivity contribution in [3.05, 3.63) is 29.8 Å². The molecule has 2 aliphatic heterocycles. The van der Waals surface area contributed by atoms with Crippen LogP contribution in [0.25, 0.3) is 0 Å². The van der Waals surface area contributed by atoms with Crippen molar-refractivity contribution in [2.75, 3.05) is 46.4 Å². The predicted octanol–water partition coefficient (Wildman–Crippen LogP) is 0.848. The molecule has 0 radical (unpaired) electrons. The maximum absolute atomic E-state index is 12.7. The number of amides is 3. The van der Waals surface area contributed by atoms with Crippen molar-refractivity contribution in [1.82, 2.24) is 14.7 Å². The topological polar surface area (TPSA) is 70.2 Å². The summed E-state index contributed by atoms with van der Waals surface area (Å²) in [6, 6.07) is 7.09. The molecule has 140 valence electrons. The van der Waals surface area contributed by atoms with Crippen LogP contribution in [0.4, 0.5) is 0 Å². The maximum Gasteiger partial charge on any atom is 0.254 e. The van der Waals surface area contributed by atoms with Crippen LogP contribution in [0, 0.1) is 5.92 Å². The Morgan fingerprint density at radius 2 is 1.85 bits per heavy atom. The fourth-order valence-electron chi connectivity index (χ4n) is 3.57. The molecule has 7 nitrogen and oxygen atoms in total. The lowest BCUT2D eigenvalue weighted by Gasteiger charge is -2.36. The molecule has 1 aromatic carbocycles. The lowest BCUT2D eigenvalue weighted by Crippen LogP contribution is -2.52. The van der Waals surface area contributed by atoms with E-state index in [0.717, 1.165) is 0 Å². The number of carbonyl (C=O) groups excluding carboxylic acids is 3.